The molecule has 0 aromatic heterocycles. The first-order chi connectivity index (χ1) is 8.08. The number of hydrogen-bond acceptors (Lipinski definition) is 5. The van der Waals surface area contributed by atoms with Crippen molar-refractivity contribution in [2.24, 2.45) is 0 Å². The van der Waals surface area contributed by atoms with Gasteiger partial charge in [-0.2, -0.15) is 0 Å². The van der Waals surface area contributed by atoms with Crippen molar-refractivity contribution in [2.45, 2.75) is 50.1 Å². The average Bonchev–Trinajstić information content (AvgIpc) is 2.65. The summed E-state index contributed by atoms with van der Waals surface area (Å²) >= 11 is 6.89. The molecule has 1 atom stereocenters. The first-order valence-corrected chi connectivity index (χ1v) is 7.44. The van der Waals surface area contributed by atoms with Crippen LogP contribution in [0.25, 0.3) is 0 Å². The minimum Gasteiger partial charge on any atom is -0.479 e. The quantitative estimate of drug-likeness (QED) is 0.723. The van der Waals surface area contributed by atoms with E-state index in [1.54, 1.807) is 11.8 Å². The van der Waals surface area contributed by atoms with Crippen LogP contribution < -0.4 is 0 Å². The smallest absolute Gasteiger partial charge is 0.220 e. The molecule has 1 aliphatic heterocycles. The highest BCUT2D eigenvalue weighted by Crippen LogP contribution is 2.47. The lowest BCUT2D eigenvalue weighted by Gasteiger charge is -2.42. The van der Waals surface area contributed by atoms with E-state index in [1.165, 1.54) is 0 Å². The maximum atomic E-state index is 5.80. The van der Waals surface area contributed by atoms with Gasteiger partial charge in [-0.05, 0) is 38.9 Å². The molecule has 1 aliphatic carbocycles. The Morgan fingerprint density at radius 2 is 2.06 bits per heavy atom. The number of thiocarbonyl (C=S) groups is 1. The summed E-state index contributed by atoms with van der Waals surface area (Å²) in [5.41, 5.74) is 0. The molecule has 2 aliphatic rings. The molecule has 0 radical (unpaired) electrons. The standard InChI is InChI=1S/C12H20O3S2/c1-3-13-10(16)17-11(2)5-4-6-12(9-11)14-7-8-15-12/h3-9H2,1-2H3. The lowest BCUT2D eigenvalue weighted by atomic mass is 9.85. The fourth-order valence-corrected chi connectivity index (χ4v) is 4.50. The molecule has 1 saturated carbocycles. The predicted molar refractivity (Wildman–Crippen MR) is 73.3 cm³/mol. The zero-order valence-corrected chi connectivity index (χ0v) is 12.1. The fourth-order valence-electron chi connectivity index (χ4n) is 2.66. The highest BCUT2D eigenvalue weighted by molar-refractivity contribution is 8.23. The normalized spacial score (nSPS) is 31.6. The molecule has 0 aromatic rings. The third-order valence-corrected chi connectivity index (χ3v) is 4.81. The molecule has 1 unspecified atom stereocenters. The number of hydrogen-bond donors (Lipinski definition) is 0. The van der Waals surface area contributed by atoms with Crippen LogP contribution in [0.4, 0.5) is 0 Å². The van der Waals surface area contributed by atoms with Gasteiger partial charge in [0, 0.05) is 17.6 Å². The van der Waals surface area contributed by atoms with Gasteiger partial charge in [-0.25, -0.2) is 0 Å². The van der Waals surface area contributed by atoms with Crippen LogP contribution in [0.1, 0.15) is 39.5 Å². The summed E-state index contributed by atoms with van der Waals surface area (Å²) in [6.45, 7) is 6.27. The van der Waals surface area contributed by atoms with Gasteiger partial charge in [-0.3, -0.25) is 0 Å². The molecule has 0 N–H and O–H groups in total. The molecular formula is C12H20O3S2. The predicted octanol–water partition coefficient (Wildman–Crippen LogP) is 3.12. The first-order valence-electron chi connectivity index (χ1n) is 6.21. The molecule has 1 spiro atoms. The summed E-state index contributed by atoms with van der Waals surface area (Å²) in [4.78, 5) is 0. The van der Waals surface area contributed by atoms with E-state index in [0.29, 0.717) is 11.0 Å². The van der Waals surface area contributed by atoms with E-state index in [1.807, 2.05) is 6.92 Å². The van der Waals surface area contributed by atoms with E-state index in [9.17, 15) is 0 Å². The Bertz CT molecular complexity index is 289. The Morgan fingerprint density at radius 3 is 2.71 bits per heavy atom. The van der Waals surface area contributed by atoms with Gasteiger partial charge in [0.05, 0.1) is 19.8 Å². The van der Waals surface area contributed by atoms with Crippen molar-refractivity contribution in [1.29, 1.82) is 0 Å². The van der Waals surface area contributed by atoms with Crippen molar-refractivity contribution < 1.29 is 14.2 Å². The van der Waals surface area contributed by atoms with Crippen LogP contribution in [0.3, 0.4) is 0 Å². The van der Waals surface area contributed by atoms with Crippen LogP contribution in [-0.4, -0.2) is 34.7 Å². The van der Waals surface area contributed by atoms with Gasteiger partial charge in [0.15, 0.2) is 5.79 Å². The third-order valence-electron chi connectivity index (χ3n) is 3.31. The van der Waals surface area contributed by atoms with Crippen LogP contribution in [0.15, 0.2) is 0 Å². The highest BCUT2D eigenvalue weighted by Gasteiger charge is 2.47. The Balaban J connectivity index is 1.97. The van der Waals surface area contributed by atoms with Gasteiger partial charge in [0.1, 0.15) is 0 Å². The molecule has 5 heteroatoms. The van der Waals surface area contributed by atoms with E-state index in [4.69, 9.17) is 26.4 Å². The van der Waals surface area contributed by atoms with Crippen molar-refractivity contribution in [3.8, 4) is 0 Å². The van der Waals surface area contributed by atoms with Crippen molar-refractivity contribution in [3.63, 3.8) is 0 Å². The van der Waals surface area contributed by atoms with E-state index < -0.39 is 0 Å². The zero-order valence-electron chi connectivity index (χ0n) is 10.5. The zero-order chi connectivity index (χ0) is 12.4. The van der Waals surface area contributed by atoms with Gasteiger partial charge >= 0.3 is 0 Å². The van der Waals surface area contributed by atoms with Gasteiger partial charge in [0.2, 0.25) is 4.38 Å². The Labute approximate surface area is 113 Å². The molecule has 98 valence electrons. The lowest BCUT2D eigenvalue weighted by Crippen LogP contribution is -2.43. The molecule has 17 heavy (non-hydrogen) atoms. The van der Waals surface area contributed by atoms with Crippen LogP contribution in [0, 0.1) is 0 Å². The summed E-state index contributed by atoms with van der Waals surface area (Å²) in [6, 6.07) is 0. The van der Waals surface area contributed by atoms with Crippen molar-refractivity contribution in [3.05, 3.63) is 0 Å². The van der Waals surface area contributed by atoms with Gasteiger partial charge < -0.3 is 14.2 Å². The molecule has 2 fully saturated rings. The summed E-state index contributed by atoms with van der Waals surface area (Å²) in [5, 5.41) is 0. The minimum atomic E-state index is -0.345. The van der Waals surface area contributed by atoms with E-state index in [0.717, 1.165) is 38.9 Å². The molecule has 0 amide bonds. The van der Waals surface area contributed by atoms with Crippen molar-refractivity contribution in [1.82, 2.24) is 0 Å². The number of thioether (sulfide) groups is 1. The van der Waals surface area contributed by atoms with E-state index in [-0.39, 0.29) is 10.5 Å². The maximum absolute atomic E-state index is 5.80. The van der Waals surface area contributed by atoms with Crippen LogP contribution in [-0.2, 0) is 14.2 Å². The maximum Gasteiger partial charge on any atom is 0.220 e. The Hall–Kier alpha value is 0.160. The number of rotatable bonds is 2. The molecule has 1 saturated heterocycles. The molecule has 0 bridgehead atoms. The van der Waals surface area contributed by atoms with Crippen molar-refractivity contribution in [2.75, 3.05) is 19.8 Å². The van der Waals surface area contributed by atoms with Crippen LogP contribution in [0.2, 0.25) is 0 Å². The van der Waals surface area contributed by atoms with E-state index in [2.05, 4.69) is 6.92 Å². The Morgan fingerprint density at radius 1 is 1.35 bits per heavy atom. The topological polar surface area (TPSA) is 27.7 Å². The van der Waals surface area contributed by atoms with Crippen LogP contribution >= 0.6 is 24.0 Å². The second-order valence-electron chi connectivity index (χ2n) is 4.87. The third kappa shape index (κ3) is 3.34. The fraction of sp³-hybridized carbons (Fsp3) is 0.917. The lowest BCUT2D eigenvalue weighted by molar-refractivity contribution is -0.181. The number of ether oxygens (including phenoxy) is 3. The largest absolute Gasteiger partial charge is 0.479 e. The molecule has 0 aromatic carbocycles. The first kappa shape index (κ1) is 13.6. The van der Waals surface area contributed by atoms with Gasteiger partial charge in [0.25, 0.3) is 0 Å². The Kier molecular flexibility index (Phi) is 4.34. The molecule has 1 heterocycles. The highest BCUT2D eigenvalue weighted by atomic mass is 32.2. The molecule has 2 rings (SSSR count). The minimum absolute atomic E-state index is 0.0782. The van der Waals surface area contributed by atoms with Crippen LogP contribution in [0.5, 0.6) is 0 Å². The van der Waals surface area contributed by atoms with Gasteiger partial charge in [-0.15, -0.1) is 0 Å². The summed E-state index contributed by atoms with van der Waals surface area (Å²) < 4.78 is 17.7. The second-order valence-corrected chi connectivity index (χ2v) is 7.06. The summed E-state index contributed by atoms with van der Waals surface area (Å²) in [5.74, 6) is -0.345. The molecule has 3 nitrogen and oxygen atoms in total. The molecular weight excluding hydrogens is 256 g/mol. The summed E-state index contributed by atoms with van der Waals surface area (Å²) in [7, 11) is 0. The second kappa shape index (κ2) is 5.43. The summed E-state index contributed by atoms with van der Waals surface area (Å²) in [6.07, 6.45) is 4.17. The van der Waals surface area contributed by atoms with E-state index >= 15 is 0 Å². The van der Waals surface area contributed by atoms with Crippen molar-refractivity contribution >= 4 is 28.4 Å². The average molecular weight is 276 g/mol. The SMILES string of the molecule is CCOC(=S)SC1(C)CCCC2(C1)OCCO2. The monoisotopic (exact) mass is 276 g/mol. The van der Waals surface area contributed by atoms with Gasteiger partial charge in [-0.1, -0.05) is 11.8 Å².